The lowest BCUT2D eigenvalue weighted by molar-refractivity contribution is 0.442. The van der Waals surface area contributed by atoms with Gasteiger partial charge < -0.3 is 4.74 Å². The van der Waals surface area contributed by atoms with Gasteiger partial charge in [-0.15, -0.1) is 0 Å². The van der Waals surface area contributed by atoms with Crippen molar-refractivity contribution in [1.82, 2.24) is 29.5 Å². The molecule has 0 aliphatic rings. The Balaban J connectivity index is 1.34. The van der Waals surface area contributed by atoms with Crippen molar-refractivity contribution in [2.75, 3.05) is 0 Å². The number of aromatic nitrogens is 6. The molecule has 0 fully saturated rings. The second-order valence-corrected chi connectivity index (χ2v) is 7.21. The molecule has 1 N–H and O–H groups in total. The van der Waals surface area contributed by atoms with Gasteiger partial charge >= 0.3 is 6.01 Å². The molecule has 8 nitrogen and oxygen atoms in total. The van der Waals surface area contributed by atoms with Gasteiger partial charge in [0, 0.05) is 5.39 Å². The van der Waals surface area contributed by atoms with Crippen LogP contribution < -0.4 is 10.3 Å². The quantitative estimate of drug-likeness (QED) is 0.461. The van der Waals surface area contributed by atoms with Gasteiger partial charge in [0.1, 0.15) is 11.1 Å². The van der Waals surface area contributed by atoms with E-state index in [2.05, 4.69) is 20.2 Å². The summed E-state index contributed by atoms with van der Waals surface area (Å²) < 4.78 is 9.33. The number of rotatable bonds is 4. The molecule has 0 atom stereocenters. The lowest BCUT2D eigenvalue weighted by Crippen LogP contribution is -2.10. The number of hydrogen-bond donors (Lipinski definition) is 1. The van der Waals surface area contributed by atoms with E-state index in [1.54, 1.807) is 4.68 Å². The molecular weight excluding hydrogens is 404 g/mol. The Kier molecular flexibility index (Phi) is 4.07. The summed E-state index contributed by atoms with van der Waals surface area (Å²) in [6.45, 7) is 0. The number of fused-ring (bicyclic) bond motifs is 2. The van der Waals surface area contributed by atoms with Gasteiger partial charge in [0.15, 0.2) is 5.65 Å². The number of ether oxygens (including phenoxy) is 1. The van der Waals surface area contributed by atoms with Crippen molar-refractivity contribution in [3.63, 3.8) is 0 Å². The van der Waals surface area contributed by atoms with Crippen molar-refractivity contribution < 1.29 is 4.74 Å². The first-order valence-corrected chi connectivity index (χ1v) is 10.0. The Bertz CT molecular complexity index is 1610. The minimum absolute atomic E-state index is 0.0949. The molecule has 0 spiro atoms. The Labute approximate surface area is 181 Å². The Hall–Kier alpha value is -4.72. The fourth-order valence-corrected chi connectivity index (χ4v) is 3.65. The van der Waals surface area contributed by atoms with Crippen LogP contribution in [0.1, 0.15) is 0 Å². The molecule has 32 heavy (non-hydrogen) atoms. The fraction of sp³-hybridized carbons (Fsp3) is 0. The largest absolute Gasteiger partial charge is 0.426 e. The molecule has 0 saturated carbocycles. The average Bonchev–Trinajstić information content (AvgIpc) is 3.45. The van der Waals surface area contributed by atoms with E-state index < -0.39 is 0 Å². The van der Waals surface area contributed by atoms with Crippen LogP contribution in [0, 0.1) is 0 Å². The highest BCUT2D eigenvalue weighted by atomic mass is 16.5. The zero-order chi connectivity index (χ0) is 21.5. The van der Waals surface area contributed by atoms with Gasteiger partial charge in [0.2, 0.25) is 0 Å². The summed E-state index contributed by atoms with van der Waals surface area (Å²) >= 11 is 0. The van der Waals surface area contributed by atoms with Crippen LogP contribution in [0.15, 0.2) is 96.1 Å². The maximum absolute atomic E-state index is 12.5. The molecule has 0 amide bonds. The predicted molar refractivity (Wildman–Crippen MR) is 121 cm³/mol. The molecule has 154 valence electrons. The molecule has 0 bridgehead atoms. The minimum atomic E-state index is -0.313. The third kappa shape index (κ3) is 3.02. The maximum atomic E-state index is 12.5. The van der Waals surface area contributed by atoms with Crippen LogP contribution >= 0.6 is 0 Å². The van der Waals surface area contributed by atoms with Gasteiger partial charge in [-0.3, -0.25) is 9.78 Å². The topological polar surface area (TPSA) is 90.6 Å². The van der Waals surface area contributed by atoms with E-state index >= 15 is 0 Å². The van der Waals surface area contributed by atoms with E-state index in [9.17, 15) is 4.79 Å². The molecule has 0 saturated heterocycles. The van der Waals surface area contributed by atoms with Crippen LogP contribution in [-0.2, 0) is 0 Å². The minimum Gasteiger partial charge on any atom is -0.426 e. The molecule has 0 aliphatic carbocycles. The first-order valence-electron chi connectivity index (χ1n) is 10.0. The van der Waals surface area contributed by atoms with Crippen LogP contribution in [0.25, 0.3) is 33.3 Å². The summed E-state index contributed by atoms with van der Waals surface area (Å²) in [6.07, 6.45) is 3.33. The molecule has 0 aliphatic heterocycles. The number of benzene rings is 3. The van der Waals surface area contributed by atoms with Gasteiger partial charge in [-0.05, 0) is 42.5 Å². The number of hydrogen-bond acceptors (Lipinski definition) is 5. The Morgan fingerprint density at radius 3 is 2.31 bits per heavy atom. The fourth-order valence-electron chi connectivity index (χ4n) is 3.65. The Morgan fingerprint density at radius 1 is 0.750 bits per heavy atom. The van der Waals surface area contributed by atoms with Crippen molar-refractivity contribution in [3.8, 4) is 23.1 Å². The normalized spacial score (nSPS) is 11.2. The summed E-state index contributed by atoms with van der Waals surface area (Å²) in [4.78, 5) is 19.7. The maximum Gasteiger partial charge on any atom is 0.304 e. The van der Waals surface area contributed by atoms with Gasteiger partial charge in [0.25, 0.3) is 5.56 Å². The molecule has 3 aromatic carbocycles. The molecule has 8 heteroatoms. The number of nitrogens with zero attached hydrogens (tertiary/aromatic N) is 5. The first kappa shape index (κ1) is 18.1. The second-order valence-electron chi connectivity index (χ2n) is 7.21. The number of aromatic amines is 1. The molecule has 3 aromatic heterocycles. The molecule has 0 radical (unpaired) electrons. The van der Waals surface area contributed by atoms with Crippen molar-refractivity contribution in [1.29, 1.82) is 0 Å². The average molecular weight is 420 g/mol. The zero-order valence-electron chi connectivity index (χ0n) is 16.7. The van der Waals surface area contributed by atoms with E-state index in [1.807, 2.05) is 89.7 Å². The highest BCUT2D eigenvalue weighted by Gasteiger charge is 2.13. The smallest absolute Gasteiger partial charge is 0.304 e. The van der Waals surface area contributed by atoms with E-state index in [0.29, 0.717) is 16.8 Å². The number of nitrogens with one attached hydrogen (secondary N) is 1. The third-order valence-electron chi connectivity index (χ3n) is 5.19. The highest BCUT2D eigenvalue weighted by Crippen LogP contribution is 2.23. The van der Waals surface area contributed by atoms with Gasteiger partial charge in [-0.2, -0.15) is 15.2 Å². The zero-order valence-corrected chi connectivity index (χ0v) is 16.7. The summed E-state index contributed by atoms with van der Waals surface area (Å²) in [7, 11) is 0. The summed E-state index contributed by atoms with van der Waals surface area (Å²) in [5.41, 5.74) is 2.84. The molecule has 3 heterocycles. The molecule has 6 rings (SSSR count). The summed E-state index contributed by atoms with van der Waals surface area (Å²) in [5, 5.41) is 10.2. The van der Waals surface area contributed by atoms with Crippen LogP contribution in [0.2, 0.25) is 0 Å². The van der Waals surface area contributed by atoms with Crippen molar-refractivity contribution in [3.05, 3.63) is 102 Å². The van der Waals surface area contributed by atoms with Crippen LogP contribution in [-0.4, -0.2) is 29.5 Å². The third-order valence-corrected chi connectivity index (χ3v) is 5.19. The lowest BCUT2D eigenvalue weighted by Gasteiger charge is -2.08. The molecular formula is C24H16N6O2. The van der Waals surface area contributed by atoms with E-state index in [-0.39, 0.29) is 11.6 Å². The van der Waals surface area contributed by atoms with Gasteiger partial charge in [-0.25, -0.2) is 9.36 Å². The van der Waals surface area contributed by atoms with Crippen LogP contribution in [0.4, 0.5) is 0 Å². The molecule has 6 aromatic rings. The summed E-state index contributed by atoms with van der Waals surface area (Å²) in [5.74, 6) is 0.540. The SMILES string of the molecule is O=c1[nH]c(Oc2ccc(-n3ncc4ccccc43)cc2)nc2c1cnn2-c1ccccc1. The highest BCUT2D eigenvalue weighted by molar-refractivity contribution is 5.80. The lowest BCUT2D eigenvalue weighted by atomic mass is 10.2. The van der Waals surface area contributed by atoms with Gasteiger partial charge in [-0.1, -0.05) is 36.4 Å². The van der Waals surface area contributed by atoms with Crippen molar-refractivity contribution in [2.24, 2.45) is 0 Å². The van der Waals surface area contributed by atoms with Gasteiger partial charge in [0.05, 0.1) is 29.3 Å². The second kappa shape index (κ2) is 7.21. The van der Waals surface area contributed by atoms with E-state index in [1.165, 1.54) is 6.20 Å². The number of para-hydroxylation sites is 2. The first-order chi connectivity index (χ1) is 15.8. The Morgan fingerprint density at radius 2 is 1.47 bits per heavy atom. The number of H-pyrrole nitrogens is 1. The van der Waals surface area contributed by atoms with E-state index in [4.69, 9.17) is 4.74 Å². The van der Waals surface area contributed by atoms with Crippen LogP contribution in [0.5, 0.6) is 11.8 Å². The molecule has 0 unspecified atom stereocenters. The monoisotopic (exact) mass is 420 g/mol. The van der Waals surface area contributed by atoms with E-state index in [0.717, 1.165) is 22.3 Å². The summed E-state index contributed by atoms with van der Waals surface area (Å²) in [6, 6.07) is 25.0. The van der Waals surface area contributed by atoms with Crippen molar-refractivity contribution in [2.45, 2.75) is 0 Å². The predicted octanol–water partition coefficient (Wildman–Crippen LogP) is 4.24. The standard InChI is InChI=1S/C24H16N6O2/c31-23-20-15-26-30(17-7-2-1-3-8-17)22(20)27-24(28-23)32-19-12-10-18(11-13-19)29-21-9-5-4-6-16(21)14-25-29/h1-15H,(H,27,28,31). The van der Waals surface area contributed by atoms with Crippen LogP contribution in [0.3, 0.4) is 0 Å². The van der Waals surface area contributed by atoms with Crippen molar-refractivity contribution >= 4 is 21.9 Å².